The number of amides is 11. The van der Waals surface area contributed by atoms with E-state index in [-0.39, 0.29) is 102 Å². The lowest BCUT2D eigenvalue weighted by atomic mass is 9.99. The number of hydrogen-bond acceptors (Lipinski definition) is 13. The maximum absolute atomic E-state index is 14.8. The van der Waals surface area contributed by atoms with Crippen LogP contribution in [0, 0.1) is 35.5 Å². The molecule has 2 aliphatic carbocycles. The molecular weight excluding hydrogens is 1180 g/mol. The van der Waals surface area contributed by atoms with Gasteiger partial charge in [-0.3, -0.25) is 52.9 Å². The van der Waals surface area contributed by atoms with Gasteiger partial charge in [0.1, 0.15) is 48.3 Å². The summed E-state index contributed by atoms with van der Waals surface area (Å²) in [4.78, 5) is 157. The second kappa shape index (κ2) is 36.3. The fraction of sp³-hybridized carbons (Fsp3) is 0.515. The van der Waals surface area contributed by atoms with Gasteiger partial charge in [0.2, 0.25) is 59.1 Å². The van der Waals surface area contributed by atoms with Gasteiger partial charge >= 0.3 is 6.09 Å². The van der Waals surface area contributed by atoms with E-state index in [0.29, 0.717) is 29.4 Å². The second-order valence-corrected chi connectivity index (χ2v) is 24.2. The normalized spacial score (nSPS) is 18.6. The van der Waals surface area contributed by atoms with Crippen LogP contribution in [-0.2, 0) is 71.9 Å². The number of nitrogens with one attached hydrogen (secondary N) is 7. The maximum Gasteiger partial charge on any atom is 0.407 e. The number of ether oxygens (including phenoxy) is 1. The van der Waals surface area contributed by atoms with Gasteiger partial charge in [-0.05, 0) is 111 Å². The largest absolute Gasteiger partial charge is 0.449 e. The minimum absolute atomic E-state index is 0.0168. The van der Waals surface area contributed by atoms with Gasteiger partial charge in [-0.25, -0.2) is 4.79 Å². The summed E-state index contributed by atoms with van der Waals surface area (Å²) >= 11 is 0. The summed E-state index contributed by atoms with van der Waals surface area (Å²) in [5, 5.41) is 19.0. The van der Waals surface area contributed by atoms with E-state index in [1.807, 2.05) is 44.2 Å². The van der Waals surface area contributed by atoms with Gasteiger partial charge in [0.25, 0.3) is 0 Å². The number of likely N-dealkylation sites (tertiary alicyclic amines) is 1. The first-order valence-electron chi connectivity index (χ1n) is 31.6. The molecule has 1 unspecified atom stereocenters. The van der Waals surface area contributed by atoms with Gasteiger partial charge in [-0.1, -0.05) is 105 Å². The zero-order valence-electron chi connectivity index (χ0n) is 52.4. The highest BCUT2D eigenvalue weighted by atomic mass is 16.5. The number of hydrogen-bond donors (Lipinski definition) is 12. The molecule has 0 bridgehead atoms. The zero-order valence-corrected chi connectivity index (χ0v) is 52.4. The van der Waals surface area contributed by atoms with Crippen LogP contribution in [0.15, 0.2) is 96.0 Å². The van der Waals surface area contributed by atoms with Crippen molar-refractivity contribution in [3.8, 4) is 11.8 Å². The summed E-state index contributed by atoms with van der Waals surface area (Å²) in [5.74, 6) is -1.11. The van der Waals surface area contributed by atoms with E-state index in [9.17, 15) is 52.7 Å². The van der Waals surface area contributed by atoms with Crippen LogP contribution in [-0.4, -0.2) is 144 Å². The van der Waals surface area contributed by atoms with Crippen molar-refractivity contribution in [2.45, 2.75) is 171 Å². The number of aliphatic imine (C=N–C) groups is 1. The molecule has 496 valence electrons. The number of alkyl carbamates (subject to hydrolysis) is 1. The molecule has 3 aliphatic rings. The summed E-state index contributed by atoms with van der Waals surface area (Å²) < 4.78 is 5.73. The van der Waals surface area contributed by atoms with Gasteiger partial charge < -0.3 is 75.5 Å². The number of primary amides is 3. The van der Waals surface area contributed by atoms with Crippen molar-refractivity contribution in [3.05, 3.63) is 108 Å². The topological polar surface area (TPSA) is 427 Å². The molecule has 92 heavy (non-hydrogen) atoms. The Morgan fingerprint density at radius 3 is 1.55 bits per heavy atom. The van der Waals surface area contributed by atoms with Gasteiger partial charge in [0.15, 0.2) is 5.96 Å². The Bertz CT molecular complexity index is 3100. The van der Waals surface area contributed by atoms with Crippen molar-refractivity contribution in [3.63, 3.8) is 0 Å². The predicted molar refractivity (Wildman–Crippen MR) is 342 cm³/mol. The van der Waals surface area contributed by atoms with E-state index in [1.165, 1.54) is 4.90 Å². The van der Waals surface area contributed by atoms with Crippen LogP contribution in [0.3, 0.4) is 0 Å². The first-order chi connectivity index (χ1) is 44.1. The molecule has 26 nitrogen and oxygen atoms in total. The Morgan fingerprint density at radius 2 is 1.01 bits per heavy atom. The second-order valence-electron chi connectivity index (χ2n) is 24.2. The molecular formula is C66H90N14O12. The van der Waals surface area contributed by atoms with Gasteiger partial charge in [-0.15, -0.1) is 11.8 Å². The highest BCUT2D eigenvalue weighted by Crippen LogP contribution is 2.52. The number of fused-ring (bicyclic) bond motifs is 1. The van der Waals surface area contributed by atoms with E-state index in [2.05, 4.69) is 54.1 Å². The van der Waals surface area contributed by atoms with Crippen molar-refractivity contribution in [1.82, 2.24) is 42.1 Å². The lowest BCUT2D eigenvalue weighted by molar-refractivity contribution is -0.143. The molecule has 1 aliphatic heterocycles. The van der Waals surface area contributed by atoms with E-state index in [0.717, 1.165) is 31.2 Å². The summed E-state index contributed by atoms with van der Waals surface area (Å²) in [6, 6.07) is 16.2. The Hall–Kier alpha value is -9.54. The van der Waals surface area contributed by atoms with Crippen LogP contribution in [0.2, 0.25) is 0 Å². The molecule has 2 fully saturated rings. The summed E-state index contributed by atoms with van der Waals surface area (Å²) in [5.41, 5.74) is 30.0. The van der Waals surface area contributed by atoms with Crippen LogP contribution in [0.25, 0.3) is 0 Å². The van der Waals surface area contributed by atoms with E-state index in [1.54, 1.807) is 60.7 Å². The number of benzene rings is 3. The van der Waals surface area contributed by atoms with E-state index in [4.69, 9.17) is 33.4 Å². The third-order valence-electron chi connectivity index (χ3n) is 16.6. The molecule has 11 amide bonds. The number of nitrogens with two attached hydrogens (primary N) is 5. The predicted octanol–water partition coefficient (Wildman–Crippen LogP) is 0.655. The van der Waals surface area contributed by atoms with E-state index >= 15 is 0 Å². The average molecular weight is 1270 g/mol. The number of rotatable bonds is 36. The summed E-state index contributed by atoms with van der Waals surface area (Å²) in [7, 11) is 0. The molecule has 11 atom stereocenters. The summed E-state index contributed by atoms with van der Waals surface area (Å²) in [6.45, 7) is 3.92. The smallest absolute Gasteiger partial charge is 0.407 e. The Labute approximate surface area is 536 Å². The monoisotopic (exact) mass is 1270 g/mol. The van der Waals surface area contributed by atoms with Crippen molar-refractivity contribution < 1.29 is 57.5 Å². The molecule has 1 saturated heterocycles. The fourth-order valence-corrected chi connectivity index (χ4v) is 11.7. The molecule has 0 aromatic heterocycles. The number of aryl methyl sites for hydroxylation is 1. The first kappa shape index (κ1) is 71.5. The van der Waals surface area contributed by atoms with Crippen molar-refractivity contribution in [2.24, 2.45) is 57.3 Å². The van der Waals surface area contributed by atoms with Crippen molar-refractivity contribution in [1.29, 1.82) is 0 Å². The zero-order chi connectivity index (χ0) is 66.7. The fourth-order valence-electron chi connectivity index (χ4n) is 11.7. The third-order valence-corrected chi connectivity index (χ3v) is 16.6. The molecule has 1 saturated carbocycles. The minimum atomic E-state index is -1.52. The third kappa shape index (κ3) is 23.7. The Balaban J connectivity index is 1.18. The van der Waals surface area contributed by atoms with Crippen LogP contribution >= 0.6 is 0 Å². The minimum Gasteiger partial charge on any atom is -0.449 e. The Kier molecular flexibility index (Phi) is 28.3. The van der Waals surface area contributed by atoms with Crippen LogP contribution in [0.4, 0.5) is 4.79 Å². The molecule has 17 N–H and O–H groups in total. The lowest BCUT2D eigenvalue weighted by Gasteiger charge is -2.31. The maximum atomic E-state index is 14.8. The molecule has 26 heteroatoms. The van der Waals surface area contributed by atoms with Crippen molar-refractivity contribution >= 4 is 71.1 Å². The van der Waals surface area contributed by atoms with Gasteiger partial charge in [-0.2, -0.15) is 0 Å². The Morgan fingerprint density at radius 1 is 0.543 bits per heavy atom. The quantitative estimate of drug-likeness (QED) is 0.0165. The first-order valence-corrected chi connectivity index (χ1v) is 31.6. The number of carbonyl (C=O) groups is 11. The lowest BCUT2D eigenvalue weighted by Crippen LogP contribution is -2.60. The molecule has 3 aromatic carbocycles. The van der Waals surface area contributed by atoms with Crippen LogP contribution in [0.1, 0.15) is 120 Å². The summed E-state index contributed by atoms with van der Waals surface area (Å²) in [6.07, 6.45) is 2.21. The van der Waals surface area contributed by atoms with Gasteiger partial charge in [0, 0.05) is 51.6 Å². The molecule has 0 spiro atoms. The van der Waals surface area contributed by atoms with Gasteiger partial charge in [0.05, 0.1) is 6.61 Å². The highest BCUT2D eigenvalue weighted by molar-refractivity contribution is 5.98. The number of nitrogens with zero attached hydrogens (tertiary/aromatic N) is 2. The van der Waals surface area contributed by atoms with Crippen LogP contribution < -0.4 is 65.9 Å². The molecule has 1 heterocycles. The average Bonchev–Trinajstić information content (AvgIpc) is 1.65. The molecule has 0 radical (unpaired) electrons. The SMILES string of the molecule is CC(C)C[C@H](NC(=O)[C@H](CCc1ccccc1)NC(=O)OCC1[C@H]2CCC#CCC[C@@H]12)C(=O)N[C@@H](Cc1ccccc1)C(=O)N[C@@H](CCC(N)=O)C(=O)N1CCC[C@H]1C(=O)N[C@@H](CCC(N)=O)C(=O)N[C@@H](CCCN=C(N)N)C(=O)N[C@@H](Cc1ccccc1)C(N)=O. The standard InChI is InChI=1S/C66H90N14O12/c1-40(2)36-52(77-60(86)49(29-28-41-18-8-5-9-19-41)79-66(91)92-39-46-44-24-14-3-4-15-25-45(44)46)61(87)78-53(38-43-22-12-7-13-23-43)62(88)75-50(31-33-56(68)82)64(90)80-35-17-27-54(80)63(89)74-48(30-32-55(67)81)59(85)73-47(26-16-34-72-65(70)71)58(84)76-51(57(69)83)37-42-20-10-6-11-21-42/h5-13,18-23,40,44-54H,14-17,24-39H2,1-2H3,(H2,67,81)(H2,68,82)(H2,69,83)(H,73,85)(H,74,89)(H,75,88)(H,76,84)(H,77,86)(H,78,87)(H,79,91)(H4,70,71,72)/t44-,45+,46?,47-,48-,49-,50-,51-,52-,53-,54-/m0/s1. The van der Waals surface area contributed by atoms with E-state index < -0.39 is 126 Å². The molecule has 3 aromatic rings. The number of carbonyl (C=O) groups excluding carboxylic acids is 11. The van der Waals surface area contributed by atoms with Crippen molar-refractivity contribution in [2.75, 3.05) is 19.7 Å². The number of guanidine groups is 1. The molecule has 6 rings (SSSR count). The highest BCUT2D eigenvalue weighted by Gasteiger charge is 2.49. The van der Waals surface area contributed by atoms with Crippen LogP contribution in [0.5, 0.6) is 0 Å².